The first-order valence-electron chi connectivity index (χ1n) is 5.94. The van der Waals surface area contributed by atoms with Gasteiger partial charge in [0.1, 0.15) is 0 Å². The molecule has 0 saturated carbocycles. The molecule has 0 amide bonds. The van der Waals surface area contributed by atoms with E-state index >= 15 is 0 Å². The largest absolute Gasteiger partial charge is 1.00 e. The fraction of sp³-hybridized carbons (Fsp3) is 0.308. The molecule has 0 aromatic heterocycles. The Morgan fingerprint density at radius 2 is 1.82 bits per heavy atom. The summed E-state index contributed by atoms with van der Waals surface area (Å²) < 4.78 is 63.3. The van der Waals surface area contributed by atoms with Gasteiger partial charge in [0.05, 0.1) is 21.7 Å². The second kappa shape index (κ2) is 6.48. The van der Waals surface area contributed by atoms with E-state index in [1.165, 1.54) is 12.1 Å². The number of carbonyl (C=O) groups excluding carboxylic acids is 1. The van der Waals surface area contributed by atoms with Crippen LogP contribution in [-0.4, -0.2) is 19.6 Å². The van der Waals surface area contributed by atoms with E-state index in [2.05, 4.69) is 0 Å². The normalized spacial score (nSPS) is 18.5. The summed E-state index contributed by atoms with van der Waals surface area (Å²) >= 11 is 0. The van der Waals surface area contributed by atoms with Gasteiger partial charge in [-0.15, -0.1) is 0 Å². The molecule has 22 heavy (non-hydrogen) atoms. The maximum Gasteiger partial charge on any atom is 1.00 e. The predicted octanol–water partition coefficient (Wildman–Crippen LogP) is -1.68. The third-order valence-electron chi connectivity index (χ3n) is 3.27. The van der Waals surface area contributed by atoms with Crippen LogP contribution >= 0.6 is 0 Å². The number of rotatable bonds is 3. The van der Waals surface area contributed by atoms with Gasteiger partial charge in [0.25, 0.3) is 0 Å². The molecule has 2 rings (SSSR count). The minimum atomic E-state index is -4.80. The van der Waals surface area contributed by atoms with E-state index in [4.69, 9.17) is 0 Å². The average Bonchev–Trinajstić information content (AvgIpc) is 2.88. The molecule has 1 aliphatic carbocycles. The first-order chi connectivity index (χ1) is 9.64. The van der Waals surface area contributed by atoms with Crippen molar-refractivity contribution in [2.24, 2.45) is 0 Å². The van der Waals surface area contributed by atoms with E-state index in [9.17, 15) is 31.5 Å². The van der Waals surface area contributed by atoms with Crippen molar-refractivity contribution < 1.29 is 50.4 Å². The third-order valence-corrected chi connectivity index (χ3v) is 5.48. The standard InChI is InChI=1S/C13H11F3O4S.Li/c14-13(15,16)10-3-1-2-4-11(10)21(19,20)9-6-5-8(7-9)12(17)18;/h1-5,9H,6-7H2,(H,17,18);/q;+1/p-1. The van der Waals surface area contributed by atoms with Gasteiger partial charge in [-0.2, -0.15) is 13.2 Å². The third kappa shape index (κ3) is 3.56. The monoisotopic (exact) mass is 326 g/mol. The number of hydrogen-bond acceptors (Lipinski definition) is 4. The summed E-state index contributed by atoms with van der Waals surface area (Å²) in [4.78, 5) is 9.86. The van der Waals surface area contributed by atoms with Crippen LogP contribution in [0.5, 0.6) is 0 Å². The van der Waals surface area contributed by atoms with Crippen molar-refractivity contribution >= 4 is 15.8 Å². The number of carboxylic acid groups (broad SMARTS) is 1. The van der Waals surface area contributed by atoms with E-state index < -0.39 is 37.7 Å². The number of sulfone groups is 1. The fourth-order valence-electron chi connectivity index (χ4n) is 2.22. The van der Waals surface area contributed by atoms with Gasteiger partial charge in [0.2, 0.25) is 0 Å². The molecule has 0 heterocycles. The van der Waals surface area contributed by atoms with Crippen LogP contribution in [0.15, 0.2) is 40.8 Å². The van der Waals surface area contributed by atoms with Crippen LogP contribution in [0.2, 0.25) is 0 Å². The van der Waals surface area contributed by atoms with Crippen LogP contribution in [0.1, 0.15) is 18.4 Å². The Morgan fingerprint density at radius 1 is 1.23 bits per heavy atom. The number of halogens is 3. The van der Waals surface area contributed by atoms with Crippen molar-refractivity contribution in [3.8, 4) is 0 Å². The van der Waals surface area contributed by atoms with E-state index in [1.807, 2.05) is 0 Å². The van der Waals surface area contributed by atoms with Crippen LogP contribution in [0.3, 0.4) is 0 Å². The van der Waals surface area contributed by atoms with Crippen LogP contribution in [0.4, 0.5) is 13.2 Å². The zero-order chi connectivity index (χ0) is 15.8. The molecule has 1 aliphatic rings. The number of carbonyl (C=O) groups is 1. The summed E-state index contributed by atoms with van der Waals surface area (Å²) in [5.74, 6) is -1.50. The molecular weight excluding hydrogens is 316 g/mol. The zero-order valence-corrected chi connectivity index (χ0v) is 12.4. The molecule has 9 heteroatoms. The van der Waals surface area contributed by atoms with Crippen molar-refractivity contribution in [2.45, 2.75) is 29.2 Å². The molecule has 0 bridgehead atoms. The van der Waals surface area contributed by atoms with Crippen LogP contribution < -0.4 is 24.0 Å². The molecule has 0 radical (unpaired) electrons. The molecule has 0 saturated heterocycles. The summed E-state index contributed by atoms with van der Waals surface area (Å²) in [7, 11) is -4.28. The number of aliphatic carboxylic acids is 1. The van der Waals surface area contributed by atoms with E-state index in [-0.39, 0.29) is 37.3 Å². The maximum absolute atomic E-state index is 12.9. The summed E-state index contributed by atoms with van der Waals surface area (Å²) in [6, 6.07) is 3.87. The number of carboxylic acids is 1. The van der Waals surface area contributed by atoms with Crippen molar-refractivity contribution in [3.63, 3.8) is 0 Å². The second-order valence-electron chi connectivity index (χ2n) is 4.62. The Bertz CT molecular complexity index is 710. The Balaban J connectivity index is 0.00000242. The molecule has 4 nitrogen and oxygen atoms in total. The van der Waals surface area contributed by atoms with Gasteiger partial charge < -0.3 is 9.90 Å². The molecule has 114 valence electrons. The first kappa shape index (κ1) is 18.8. The molecule has 0 fully saturated rings. The van der Waals surface area contributed by atoms with Crippen LogP contribution in [0, 0.1) is 0 Å². The Labute approximate surface area is 137 Å². The molecule has 1 atom stereocenters. The molecule has 0 aliphatic heterocycles. The summed E-state index contributed by atoms with van der Waals surface area (Å²) in [5.41, 5.74) is -1.44. The quantitative estimate of drug-likeness (QED) is 0.622. The number of benzene rings is 1. The van der Waals surface area contributed by atoms with Gasteiger partial charge in [-0.1, -0.05) is 18.2 Å². The smallest absolute Gasteiger partial charge is 0.545 e. The average molecular weight is 326 g/mol. The summed E-state index contributed by atoms with van der Waals surface area (Å²) in [6.45, 7) is 0. The number of alkyl halides is 3. The van der Waals surface area contributed by atoms with E-state index in [0.29, 0.717) is 6.07 Å². The molecule has 1 unspecified atom stereocenters. The minimum absolute atomic E-state index is 0. The molecular formula is C13H10F3LiO4S. The number of allylic oxidation sites excluding steroid dienone is 1. The Morgan fingerprint density at radius 3 is 2.32 bits per heavy atom. The molecule has 1 aromatic carbocycles. The van der Waals surface area contributed by atoms with Crippen molar-refractivity contribution in [3.05, 3.63) is 41.5 Å². The zero-order valence-electron chi connectivity index (χ0n) is 11.6. The molecule has 0 N–H and O–H groups in total. The summed E-state index contributed by atoms with van der Waals surface area (Å²) in [6.07, 6.45) is -4.12. The van der Waals surface area contributed by atoms with Crippen molar-refractivity contribution in [1.29, 1.82) is 0 Å². The molecule has 1 aromatic rings. The predicted molar refractivity (Wildman–Crippen MR) is 64.7 cm³/mol. The maximum atomic E-state index is 12.9. The van der Waals surface area contributed by atoms with Gasteiger partial charge in [0, 0.05) is 0 Å². The van der Waals surface area contributed by atoms with E-state index in [1.54, 1.807) is 0 Å². The second-order valence-corrected chi connectivity index (χ2v) is 6.81. The minimum Gasteiger partial charge on any atom is -0.545 e. The molecule has 0 spiro atoms. The van der Waals surface area contributed by atoms with E-state index in [0.717, 1.165) is 12.1 Å². The van der Waals surface area contributed by atoms with Crippen molar-refractivity contribution in [1.82, 2.24) is 0 Å². The summed E-state index contributed by atoms with van der Waals surface area (Å²) in [5, 5.41) is 9.47. The van der Waals surface area contributed by atoms with Gasteiger partial charge in [0.15, 0.2) is 9.84 Å². The van der Waals surface area contributed by atoms with Gasteiger partial charge >= 0.3 is 25.0 Å². The van der Waals surface area contributed by atoms with Gasteiger partial charge in [-0.25, -0.2) is 8.42 Å². The van der Waals surface area contributed by atoms with Gasteiger partial charge in [-0.3, -0.25) is 0 Å². The fourth-order valence-corrected chi connectivity index (χ4v) is 4.08. The number of hydrogen-bond donors (Lipinski definition) is 0. The first-order valence-corrected chi connectivity index (χ1v) is 7.49. The van der Waals surface area contributed by atoms with Crippen LogP contribution in [0.25, 0.3) is 0 Å². The SMILES string of the molecule is O=C([O-])C1=CCC(S(=O)(=O)c2ccccc2C(F)(F)F)C1.[Li+]. The topological polar surface area (TPSA) is 74.3 Å². The van der Waals surface area contributed by atoms with Crippen LogP contribution in [-0.2, 0) is 20.8 Å². The van der Waals surface area contributed by atoms with Gasteiger partial charge in [-0.05, 0) is 30.5 Å². The van der Waals surface area contributed by atoms with Crippen molar-refractivity contribution in [2.75, 3.05) is 0 Å². The Hall–Kier alpha value is -1.23. The Kier molecular flexibility index (Phi) is 5.55.